The molecule has 0 aromatic heterocycles. The fourth-order valence-corrected chi connectivity index (χ4v) is 1.61. The zero-order valence-corrected chi connectivity index (χ0v) is 8.66. The van der Waals surface area contributed by atoms with Gasteiger partial charge in [0.15, 0.2) is 0 Å². The molecule has 0 bridgehead atoms. The second kappa shape index (κ2) is 4.42. The average Bonchev–Trinajstić information content (AvgIpc) is 2.52. The van der Waals surface area contributed by atoms with Gasteiger partial charge in [-0.1, -0.05) is 6.08 Å². The van der Waals surface area contributed by atoms with Crippen molar-refractivity contribution in [3.05, 3.63) is 12.2 Å². The second-order valence-corrected chi connectivity index (χ2v) is 3.69. The summed E-state index contributed by atoms with van der Waals surface area (Å²) >= 11 is 0. The van der Waals surface area contributed by atoms with Crippen LogP contribution >= 0.6 is 0 Å². The molecule has 0 saturated carbocycles. The Bertz CT molecular complexity index is 211. The van der Waals surface area contributed by atoms with Crippen molar-refractivity contribution in [2.45, 2.75) is 19.4 Å². The van der Waals surface area contributed by atoms with E-state index in [4.69, 9.17) is 0 Å². The molecule has 1 saturated heterocycles. The summed E-state index contributed by atoms with van der Waals surface area (Å²) in [5, 5.41) is 0. The fraction of sp³-hybridized carbons (Fsp3) is 0.700. The van der Waals surface area contributed by atoms with Crippen molar-refractivity contribution >= 4 is 5.91 Å². The molecule has 0 aliphatic carbocycles. The Balaban J connectivity index is 2.45. The quantitative estimate of drug-likeness (QED) is 0.588. The predicted molar refractivity (Wildman–Crippen MR) is 53.5 cm³/mol. The summed E-state index contributed by atoms with van der Waals surface area (Å²) < 4.78 is 0. The molecule has 1 atom stereocenters. The van der Waals surface area contributed by atoms with Gasteiger partial charge in [0.25, 0.3) is 0 Å². The van der Waals surface area contributed by atoms with E-state index in [1.807, 2.05) is 11.8 Å². The van der Waals surface area contributed by atoms with Crippen LogP contribution in [0.15, 0.2) is 12.2 Å². The van der Waals surface area contributed by atoms with Gasteiger partial charge in [-0.2, -0.15) is 0 Å². The third-order valence-corrected chi connectivity index (χ3v) is 2.51. The summed E-state index contributed by atoms with van der Waals surface area (Å²) in [7, 11) is 4.13. The molecule has 74 valence electrons. The van der Waals surface area contributed by atoms with E-state index < -0.39 is 0 Å². The van der Waals surface area contributed by atoms with Gasteiger partial charge >= 0.3 is 0 Å². The Hall–Kier alpha value is -0.830. The summed E-state index contributed by atoms with van der Waals surface area (Å²) in [6.45, 7) is 3.64. The van der Waals surface area contributed by atoms with Crippen molar-refractivity contribution in [3.63, 3.8) is 0 Å². The zero-order chi connectivity index (χ0) is 9.84. The molecule has 0 aromatic carbocycles. The van der Waals surface area contributed by atoms with Gasteiger partial charge in [0.2, 0.25) is 5.91 Å². The first-order valence-electron chi connectivity index (χ1n) is 4.73. The smallest absolute Gasteiger partial charge is 0.246 e. The molecule has 1 aliphatic rings. The van der Waals surface area contributed by atoms with Gasteiger partial charge in [-0.05, 0) is 33.5 Å². The minimum absolute atomic E-state index is 0.145. The van der Waals surface area contributed by atoms with Gasteiger partial charge in [-0.3, -0.25) is 4.79 Å². The Morgan fingerprint density at radius 1 is 1.54 bits per heavy atom. The first-order chi connectivity index (χ1) is 6.15. The lowest BCUT2D eigenvalue weighted by molar-refractivity contribution is -0.125. The first kappa shape index (κ1) is 10.3. The number of allylic oxidation sites excluding steroid dienone is 1. The molecular weight excluding hydrogens is 164 g/mol. The number of hydrogen-bond acceptors (Lipinski definition) is 2. The molecule has 1 fully saturated rings. The number of rotatable bonds is 2. The van der Waals surface area contributed by atoms with E-state index in [2.05, 4.69) is 19.0 Å². The molecule has 3 nitrogen and oxygen atoms in total. The highest BCUT2D eigenvalue weighted by Gasteiger charge is 2.25. The summed E-state index contributed by atoms with van der Waals surface area (Å²) in [5.74, 6) is 0.145. The van der Waals surface area contributed by atoms with E-state index in [1.54, 1.807) is 12.2 Å². The van der Waals surface area contributed by atoms with E-state index in [9.17, 15) is 4.79 Å². The summed E-state index contributed by atoms with van der Waals surface area (Å²) in [6.07, 6.45) is 4.53. The molecule has 1 amide bonds. The van der Waals surface area contributed by atoms with E-state index in [0.29, 0.717) is 6.04 Å². The van der Waals surface area contributed by atoms with E-state index in [-0.39, 0.29) is 5.91 Å². The molecule has 1 aliphatic heterocycles. The Morgan fingerprint density at radius 3 is 2.69 bits per heavy atom. The van der Waals surface area contributed by atoms with E-state index in [1.165, 1.54) is 0 Å². The molecule has 1 heterocycles. The molecule has 0 aromatic rings. The maximum absolute atomic E-state index is 11.4. The Kier molecular flexibility index (Phi) is 3.48. The number of hydrogen-bond donors (Lipinski definition) is 0. The number of carbonyl (C=O) groups is 1. The van der Waals surface area contributed by atoms with Crippen molar-refractivity contribution < 1.29 is 4.79 Å². The predicted octanol–water partition coefficient (Wildman–Crippen LogP) is 0.725. The first-order valence-corrected chi connectivity index (χ1v) is 4.73. The lowest BCUT2D eigenvalue weighted by Gasteiger charge is -2.19. The fourth-order valence-electron chi connectivity index (χ4n) is 1.61. The summed E-state index contributed by atoms with van der Waals surface area (Å²) in [5.41, 5.74) is 0. The number of amides is 1. The van der Waals surface area contributed by atoms with Gasteiger partial charge < -0.3 is 9.80 Å². The van der Waals surface area contributed by atoms with Crippen LogP contribution < -0.4 is 0 Å². The number of nitrogens with zero attached hydrogens (tertiary/aromatic N) is 2. The third kappa shape index (κ3) is 2.56. The average molecular weight is 182 g/mol. The van der Waals surface area contributed by atoms with Crippen LogP contribution in [0.3, 0.4) is 0 Å². The topological polar surface area (TPSA) is 23.6 Å². The summed E-state index contributed by atoms with van der Waals surface area (Å²) in [6, 6.07) is 0.536. The van der Waals surface area contributed by atoms with E-state index >= 15 is 0 Å². The minimum Gasteiger partial charge on any atom is -0.338 e. The number of likely N-dealkylation sites (N-methyl/N-ethyl adjacent to an activating group) is 1. The second-order valence-electron chi connectivity index (χ2n) is 3.69. The van der Waals surface area contributed by atoms with Crippen molar-refractivity contribution in [3.8, 4) is 0 Å². The third-order valence-electron chi connectivity index (χ3n) is 2.51. The molecule has 0 spiro atoms. The molecule has 1 unspecified atom stereocenters. The molecule has 13 heavy (non-hydrogen) atoms. The van der Waals surface area contributed by atoms with Crippen molar-refractivity contribution in [1.29, 1.82) is 0 Å². The lowest BCUT2D eigenvalue weighted by Crippen LogP contribution is -2.33. The standard InChI is InChI=1S/C10H18N2O/c1-4-5-10(13)12-7-6-9(8-12)11(2)3/h4-5,9H,6-8H2,1-3H3. The SMILES string of the molecule is CC=CC(=O)N1CCC(N(C)C)C1. The summed E-state index contributed by atoms with van der Waals surface area (Å²) in [4.78, 5) is 15.5. The van der Waals surface area contributed by atoms with Gasteiger partial charge in [-0.25, -0.2) is 0 Å². The molecule has 3 heteroatoms. The minimum atomic E-state index is 0.145. The van der Waals surface area contributed by atoms with Crippen molar-refractivity contribution in [2.75, 3.05) is 27.2 Å². The zero-order valence-electron chi connectivity index (χ0n) is 8.66. The van der Waals surface area contributed by atoms with Crippen molar-refractivity contribution in [2.24, 2.45) is 0 Å². The normalized spacial score (nSPS) is 23.4. The highest BCUT2D eigenvalue weighted by Crippen LogP contribution is 2.13. The van der Waals surface area contributed by atoms with Gasteiger partial charge in [-0.15, -0.1) is 0 Å². The Labute approximate surface area is 80.0 Å². The lowest BCUT2D eigenvalue weighted by atomic mass is 10.2. The number of likely N-dealkylation sites (tertiary alicyclic amines) is 1. The molecule has 0 N–H and O–H groups in total. The van der Waals surface area contributed by atoms with E-state index in [0.717, 1.165) is 19.5 Å². The highest BCUT2D eigenvalue weighted by molar-refractivity contribution is 5.87. The number of carbonyl (C=O) groups excluding carboxylic acids is 1. The maximum atomic E-state index is 11.4. The van der Waals surface area contributed by atoms with Crippen LogP contribution in [0.2, 0.25) is 0 Å². The molecule has 1 rings (SSSR count). The Morgan fingerprint density at radius 2 is 2.23 bits per heavy atom. The van der Waals surface area contributed by atoms with Crippen LogP contribution in [0.5, 0.6) is 0 Å². The van der Waals surface area contributed by atoms with Crippen molar-refractivity contribution in [1.82, 2.24) is 9.80 Å². The van der Waals surface area contributed by atoms with Crippen LogP contribution in [-0.2, 0) is 4.79 Å². The van der Waals surface area contributed by atoms with Crippen LogP contribution in [0, 0.1) is 0 Å². The molecular formula is C10H18N2O. The van der Waals surface area contributed by atoms with Gasteiger partial charge in [0.1, 0.15) is 0 Å². The maximum Gasteiger partial charge on any atom is 0.246 e. The van der Waals surface area contributed by atoms with Gasteiger partial charge in [0.05, 0.1) is 0 Å². The van der Waals surface area contributed by atoms with Crippen LogP contribution in [0.1, 0.15) is 13.3 Å². The van der Waals surface area contributed by atoms with Gasteiger partial charge in [0, 0.05) is 19.1 Å². The van der Waals surface area contributed by atoms with Crippen LogP contribution in [-0.4, -0.2) is 48.9 Å². The monoisotopic (exact) mass is 182 g/mol. The largest absolute Gasteiger partial charge is 0.338 e. The van der Waals surface area contributed by atoms with Crippen LogP contribution in [0.4, 0.5) is 0 Å². The molecule has 0 radical (unpaired) electrons. The van der Waals surface area contributed by atoms with Crippen LogP contribution in [0.25, 0.3) is 0 Å². The highest BCUT2D eigenvalue weighted by atomic mass is 16.2.